The van der Waals surface area contributed by atoms with E-state index < -0.39 is 0 Å². The Bertz CT molecular complexity index is 270. The largest absolute Gasteiger partial charge is 0.317 e. The van der Waals surface area contributed by atoms with E-state index in [4.69, 9.17) is 0 Å². The average Bonchev–Trinajstić information content (AvgIpc) is 2.30. The van der Waals surface area contributed by atoms with Crippen LogP contribution in [0.4, 0.5) is 10.2 Å². The second-order valence-electron chi connectivity index (χ2n) is 3.63. The number of halogens is 1. The molecule has 0 amide bonds. The first-order valence-electron chi connectivity index (χ1n) is 5.09. The van der Waals surface area contributed by atoms with Crippen molar-refractivity contribution in [1.82, 2.24) is 5.32 Å². The van der Waals surface area contributed by atoms with Crippen molar-refractivity contribution in [3.63, 3.8) is 0 Å². The fourth-order valence-electron chi connectivity index (χ4n) is 1.81. The van der Waals surface area contributed by atoms with E-state index >= 15 is 0 Å². The van der Waals surface area contributed by atoms with Crippen LogP contribution in [0.2, 0.25) is 0 Å². The molecule has 0 aromatic heterocycles. The number of nitrogens with zero attached hydrogens (tertiary/aromatic N) is 1. The minimum atomic E-state index is 0.0404. The van der Waals surface area contributed by atoms with E-state index in [0.29, 0.717) is 5.69 Å². The van der Waals surface area contributed by atoms with Crippen molar-refractivity contribution in [2.24, 2.45) is 0 Å². The summed E-state index contributed by atoms with van der Waals surface area (Å²) in [6, 6.07) is 9.29. The highest BCUT2D eigenvalue weighted by Crippen LogP contribution is 2.21. The number of hydrogen-bond acceptors (Lipinski definition) is 2. The molecule has 1 aliphatic heterocycles. The maximum Gasteiger partial charge on any atom is 0.0691 e. The summed E-state index contributed by atoms with van der Waals surface area (Å²) in [5.41, 5.74) is 0.666. The van der Waals surface area contributed by atoms with E-state index in [1.807, 2.05) is 30.3 Å². The lowest BCUT2D eigenvalue weighted by Gasteiger charge is -2.28. The first kappa shape index (κ1) is 9.46. The molecule has 1 aromatic rings. The first-order valence-corrected chi connectivity index (χ1v) is 5.09. The highest BCUT2D eigenvalue weighted by atomic mass is 19.2. The van der Waals surface area contributed by atoms with Gasteiger partial charge in [0.15, 0.2) is 0 Å². The molecule has 3 heteroatoms. The molecule has 1 N–H and O–H groups in total. The Hall–Kier alpha value is -1.09. The molecular weight excluding hydrogens is 179 g/mol. The van der Waals surface area contributed by atoms with Crippen LogP contribution in [0, 0.1) is 0 Å². The fraction of sp³-hybridized carbons (Fsp3) is 0.455. The number of anilines is 1. The van der Waals surface area contributed by atoms with E-state index in [1.54, 1.807) is 0 Å². The Kier molecular flexibility index (Phi) is 2.99. The van der Waals surface area contributed by atoms with Crippen LogP contribution < -0.4 is 10.4 Å². The zero-order chi connectivity index (χ0) is 9.80. The summed E-state index contributed by atoms with van der Waals surface area (Å²) in [4.78, 5) is 0. The predicted molar refractivity (Wildman–Crippen MR) is 55.9 cm³/mol. The molecule has 1 aromatic carbocycles. The summed E-state index contributed by atoms with van der Waals surface area (Å²) in [7, 11) is 0. The number of para-hydroxylation sites is 1. The molecule has 1 heterocycles. The molecular formula is C11H15FN2. The summed E-state index contributed by atoms with van der Waals surface area (Å²) < 4.78 is 13.8. The van der Waals surface area contributed by atoms with Gasteiger partial charge in [0.2, 0.25) is 0 Å². The topological polar surface area (TPSA) is 15.3 Å². The molecule has 0 saturated carbocycles. The highest BCUT2D eigenvalue weighted by molar-refractivity contribution is 5.44. The van der Waals surface area contributed by atoms with Gasteiger partial charge in [0, 0.05) is 0 Å². The molecule has 14 heavy (non-hydrogen) atoms. The number of nitrogens with one attached hydrogen (secondary N) is 1. The van der Waals surface area contributed by atoms with Crippen LogP contribution in [-0.4, -0.2) is 19.1 Å². The quantitative estimate of drug-likeness (QED) is 0.725. The van der Waals surface area contributed by atoms with Crippen LogP contribution in [0.3, 0.4) is 0 Å². The van der Waals surface area contributed by atoms with Crippen LogP contribution in [0.25, 0.3) is 0 Å². The number of benzene rings is 1. The molecule has 1 aliphatic rings. The lowest BCUT2D eigenvalue weighted by Crippen LogP contribution is -2.39. The second kappa shape index (κ2) is 4.42. The standard InChI is InChI=1S/C11H15FN2/c12-14(10-4-2-1-3-5-10)11-6-8-13-9-7-11/h1-5,11,13H,6-9H2. The molecule has 0 bridgehead atoms. The summed E-state index contributed by atoms with van der Waals surface area (Å²) in [5, 5.41) is 4.13. The smallest absolute Gasteiger partial charge is 0.0691 e. The van der Waals surface area contributed by atoms with Crippen LogP contribution >= 0.6 is 0 Å². The first-order chi connectivity index (χ1) is 6.88. The van der Waals surface area contributed by atoms with Crippen molar-refractivity contribution < 1.29 is 4.48 Å². The molecule has 2 rings (SSSR count). The van der Waals surface area contributed by atoms with Gasteiger partial charge in [-0.2, -0.15) is 0 Å². The molecule has 0 radical (unpaired) electrons. The Labute approximate surface area is 83.7 Å². The Morgan fingerprint density at radius 2 is 1.79 bits per heavy atom. The maximum atomic E-state index is 13.8. The van der Waals surface area contributed by atoms with Crippen LogP contribution in [0.1, 0.15) is 12.8 Å². The third-order valence-corrected chi connectivity index (χ3v) is 2.63. The van der Waals surface area contributed by atoms with E-state index in [2.05, 4.69) is 5.32 Å². The van der Waals surface area contributed by atoms with Gasteiger partial charge in [0.1, 0.15) is 0 Å². The number of piperidine rings is 1. The molecule has 1 saturated heterocycles. The molecule has 2 nitrogen and oxygen atoms in total. The summed E-state index contributed by atoms with van der Waals surface area (Å²) >= 11 is 0. The molecule has 76 valence electrons. The Morgan fingerprint density at radius 1 is 1.14 bits per heavy atom. The maximum absolute atomic E-state index is 13.8. The van der Waals surface area contributed by atoms with Gasteiger partial charge in [-0.25, -0.2) is 5.12 Å². The number of hydrogen-bond donors (Lipinski definition) is 1. The van der Waals surface area contributed by atoms with Crippen molar-refractivity contribution in [3.8, 4) is 0 Å². The van der Waals surface area contributed by atoms with Gasteiger partial charge in [0.05, 0.1) is 11.7 Å². The minimum Gasteiger partial charge on any atom is -0.317 e. The molecule has 0 aliphatic carbocycles. The van der Waals surface area contributed by atoms with E-state index in [9.17, 15) is 4.48 Å². The van der Waals surface area contributed by atoms with Gasteiger partial charge in [-0.15, -0.1) is 0 Å². The third kappa shape index (κ3) is 2.04. The van der Waals surface area contributed by atoms with Gasteiger partial charge in [-0.1, -0.05) is 22.7 Å². The van der Waals surface area contributed by atoms with Gasteiger partial charge >= 0.3 is 0 Å². The third-order valence-electron chi connectivity index (χ3n) is 2.63. The van der Waals surface area contributed by atoms with Crippen LogP contribution in [0.5, 0.6) is 0 Å². The molecule has 0 unspecified atom stereocenters. The van der Waals surface area contributed by atoms with E-state index in [0.717, 1.165) is 31.1 Å². The van der Waals surface area contributed by atoms with Crippen molar-refractivity contribution in [1.29, 1.82) is 0 Å². The molecule has 0 atom stereocenters. The van der Waals surface area contributed by atoms with Crippen LogP contribution in [-0.2, 0) is 0 Å². The Balaban J connectivity index is 2.03. The number of rotatable bonds is 2. The van der Waals surface area contributed by atoms with Gasteiger partial charge in [0.25, 0.3) is 0 Å². The van der Waals surface area contributed by atoms with Crippen molar-refractivity contribution in [2.45, 2.75) is 18.9 Å². The summed E-state index contributed by atoms with van der Waals surface area (Å²) in [6.07, 6.45) is 1.76. The van der Waals surface area contributed by atoms with Crippen LogP contribution in [0.15, 0.2) is 30.3 Å². The van der Waals surface area contributed by atoms with Crippen molar-refractivity contribution in [3.05, 3.63) is 30.3 Å². The monoisotopic (exact) mass is 194 g/mol. The van der Waals surface area contributed by atoms with E-state index in [1.165, 1.54) is 0 Å². The molecule has 0 spiro atoms. The van der Waals surface area contributed by atoms with Crippen molar-refractivity contribution >= 4 is 5.69 Å². The van der Waals surface area contributed by atoms with Crippen molar-refractivity contribution in [2.75, 3.05) is 18.2 Å². The summed E-state index contributed by atoms with van der Waals surface area (Å²) in [5.74, 6) is 0. The van der Waals surface area contributed by atoms with Gasteiger partial charge in [-0.05, 0) is 38.1 Å². The molecule has 1 fully saturated rings. The zero-order valence-corrected chi connectivity index (χ0v) is 8.12. The predicted octanol–water partition coefficient (Wildman–Crippen LogP) is 2.13. The lowest BCUT2D eigenvalue weighted by molar-refractivity contribution is 0.311. The zero-order valence-electron chi connectivity index (χ0n) is 8.12. The fourth-order valence-corrected chi connectivity index (χ4v) is 1.81. The normalized spacial score (nSPS) is 18.1. The highest BCUT2D eigenvalue weighted by Gasteiger charge is 2.20. The average molecular weight is 194 g/mol. The lowest BCUT2D eigenvalue weighted by atomic mass is 10.1. The Morgan fingerprint density at radius 3 is 2.43 bits per heavy atom. The van der Waals surface area contributed by atoms with E-state index in [-0.39, 0.29) is 6.04 Å². The summed E-state index contributed by atoms with van der Waals surface area (Å²) in [6.45, 7) is 1.83. The second-order valence-corrected chi connectivity index (χ2v) is 3.63. The SMILES string of the molecule is FN(c1ccccc1)C1CCNCC1. The minimum absolute atomic E-state index is 0.0404. The van der Waals surface area contributed by atoms with Gasteiger partial charge in [-0.3, -0.25) is 0 Å². The van der Waals surface area contributed by atoms with Gasteiger partial charge < -0.3 is 5.32 Å².